The summed E-state index contributed by atoms with van der Waals surface area (Å²) in [6.07, 6.45) is 1.06. The first-order valence-corrected chi connectivity index (χ1v) is 12.0. The van der Waals surface area contributed by atoms with Crippen molar-refractivity contribution >= 4 is 50.2 Å². The Labute approximate surface area is 206 Å². The summed E-state index contributed by atoms with van der Waals surface area (Å²) in [5.74, 6) is 1.33. The molecule has 0 saturated heterocycles. The summed E-state index contributed by atoms with van der Waals surface area (Å²) in [7, 11) is 0. The number of carbonyl (C=O) groups is 1. The molecule has 0 radical (unpaired) electrons. The third-order valence-corrected chi connectivity index (χ3v) is 6.50. The summed E-state index contributed by atoms with van der Waals surface area (Å²) >= 11 is 9.81. The number of rotatable bonds is 7. The number of anilines is 1. The highest BCUT2D eigenvalue weighted by molar-refractivity contribution is 9.10. The van der Waals surface area contributed by atoms with Crippen LogP contribution in [-0.2, 0) is 0 Å². The van der Waals surface area contributed by atoms with E-state index in [0.717, 1.165) is 23.1 Å². The maximum absolute atomic E-state index is 12.8. The Balaban J connectivity index is 1.60. The van der Waals surface area contributed by atoms with E-state index < -0.39 is 0 Å². The quantitative estimate of drug-likeness (QED) is 0.264. The Hall–Kier alpha value is -2.83. The molecule has 0 fully saturated rings. The van der Waals surface area contributed by atoms with E-state index in [0.29, 0.717) is 44.9 Å². The molecule has 7 heteroatoms. The molecule has 0 aliphatic heterocycles. The Bertz CT molecular complexity index is 1320. The molecule has 4 rings (SSSR count). The van der Waals surface area contributed by atoms with Gasteiger partial charge in [-0.05, 0) is 89.3 Å². The van der Waals surface area contributed by atoms with E-state index in [4.69, 9.17) is 20.8 Å². The molecule has 1 heterocycles. The lowest BCUT2D eigenvalue weighted by Gasteiger charge is -2.10. The molecule has 0 bridgehead atoms. The average molecular weight is 528 g/mol. The van der Waals surface area contributed by atoms with Gasteiger partial charge >= 0.3 is 0 Å². The van der Waals surface area contributed by atoms with Crippen LogP contribution in [0.2, 0.25) is 5.02 Å². The number of benzene rings is 3. The number of nitrogens with one attached hydrogen (secondary N) is 1. The third kappa shape index (κ3) is 5.07. The number of carbonyl (C=O) groups excluding carboxylic acids is 1. The van der Waals surface area contributed by atoms with Crippen LogP contribution in [0.1, 0.15) is 49.0 Å². The third-order valence-electron chi connectivity index (χ3n) is 5.55. The highest BCUT2D eigenvalue weighted by atomic mass is 79.9. The number of hydrogen-bond acceptors (Lipinski definition) is 4. The topological polar surface area (TPSA) is 64.4 Å². The maximum Gasteiger partial charge on any atom is 0.255 e. The molecule has 1 N–H and O–H groups in total. The van der Waals surface area contributed by atoms with Gasteiger partial charge in [-0.2, -0.15) is 0 Å². The van der Waals surface area contributed by atoms with Crippen LogP contribution in [0.4, 0.5) is 5.69 Å². The normalized spacial score (nSPS) is 12.0. The molecule has 0 saturated carbocycles. The van der Waals surface area contributed by atoms with Crippen molar-refractivity contribution in [1.82, 2.24) is 4.98 Å². The van der Waals surface area contributed by atoms with Crippen molar-refractivity contribution in [3.8, 4) is 17.2 Å². The Kier molecular flexibility index (Phi) is 7.05. The van der Waals surface area contributed by atoms with Crippen molar-refractivity contribution in [3.05, 3.63) is 75.2 Å². The zero-order valence-corrected chi connectivity index (χ0v) is 21.0. The van der Waals surface area contributed by atoms with Gasteiger partial charge in [0.2, 0.25) is 5.89 Å². The SMILES string of the molecule is CCOc1ccc(C(=O)Nc2cc(-c3nc4cc(C(C)CC)ccc4o3)ccc2Cl)cc1Br. The fourth-order valence-electron chi connectivity index (χ4n) is 3.47. The van der Waals surface area contributed by atoms with Crippen LogP contribution in [0.25, 0.3) is 22.6 Å². The first-order chi connectivity index (χ1) is 15.9. The van der Waals surface area contributed by atoms with Crippen molar-refractivity contribution in [2.24, 2.45) is 0 Å². The molecule has 33 heavy (non-hydrogen) atoms. The predicted octanol–water partition coefficient (Wildman–Crippen LogP) is 8.08. The number of nitrogens with zero attached hydrogens (tertiary/aromatic N) is 1. The zero-order chi connectivity index (χ0) is 23.5. The molecule has 1 atom stereocenters. The van der Waals surface area contributed by atoms with Crippen LogP contribution in [-0.4, -0.2) is 17.5 Å². The van der Waals surface area contributed by atoms with Crippen LogP contribution in [0.3, 0.4) is 0 Å². The van der Waals surface area contributed by atoms with E-state index >= 15 is 0 Å². The van der Waals surface area contributed by atoms with Crippen molar-refractivity contribution in [3.63, 3.8) is 0 Å². The maximum atomic E-state index is 12.8. The van der Waals surface area contributed by atoms with Gasteiger partial charge in [0, 0.05) is 11.1 Å². The number of hydrogen-bond donors (Lipinski definition) is 1. The molecule has 170 valence electrons. The van der Waals surface area contributed by atoms with Crippen LogP contribution < -0.4 is 10.1 Å². The number of oxazole rings is 1. The molecule has 4 aromatic rings. The van der Waals surface area contributed by atoms with Crippen LogP contribution in [0.15, 0.2) is 63.5 Å². The van der Waals surface area contributed by atoms with Gasteiger partial charge in [-0.3, -0.25) is 4.79 Å². The molecule has 0 aliphatic carbocycles. The summed E-state index contributed by atoms with van der Waals surface area (Å²) in [5.41, 5.74) is 4.44. The minimum Gasteiger partial charge on any atom is -0.493 e. The largest absolute Gasteiger partial charge is 0.493 e. The van der Waals surface area contributed by atoms with Gasteiger partial charge in [-0.25, -0.2) is 4.98 Å². The lowest BCUT2D eigenvalue weighted by atomic mass is 9.98. The highest BCUT2D eigenvalue weighted by Crippen LogP contribution is 2.32. The summed E-state index contributed by atoms with van der Waals surface area (Å²) < 4.78 is 12.2. The van der Waals surface area contributed by atoms with E-state index in [2.05, 4.69) is 52.2 Å². The molecule has 0 aliphatic rings. The van der Waals surface area contributed by atoms with E-state index in [1.165, 1.54) is 5.56 Å². The lowest BCUT2D eigenvalue weighted by molar-refractivity contribution is 0.102. The second-order valence-corrected chi connectivity index (χ2v) is 9.04. The fraction of sp³-hybridized carbons (Fsp3) is 0.231. The molecular formula is C26H24BrClN2O3. The second kappa shape index (κ2) is 9.98. The average Bonchev–Trinajstić information content (AvgIpc) is 3.24. The number of halogens is 2. The van der Waals surface area contributed by atoms with Gasteiger partial charge in [0.05, 0.1) is 21.8 Å². The van der Waals surface area contributed by atoms with Crippen LogP contribution >= 0.6 is 27.5 Å². The zero-order valence-electron chi connectivity index (χ0n) is 18.6. The van der Waals surface area contributed by atoms with E-state index in [-0.39, 0.29) is 5.91 Å². The minimum absolute atomic E-state index is 0.284. The second-order valence-electron chi connectivity index (χ2n) is 7.78. The van der Waals surface area contributed by atoms with Crippen LogP contribution in [0.5, 0.6) is 5.75 Å². The fourth-order valence-corrected chi connectivity index (χ4v) is 4.13. The molecular weight excluding hydrogens is 504 g/mol. The van der Waals surface area contributed by atoms with Crippen molar-refractivity contribution < 1.29 is 13.9 Å². The van der Waals surface area contributed by atoms with Gasteiger partial charge < -0.3 is 14.5 Å². The number of ether oxygens (including phenoxy) is 1. The van der Waals surface area contributed by atoms with E-state index in [1.807, 2.05) is 19.1 Å². The number of fused-ring (bicyclic) bond motifs is 1. The highest BCUT2D eigenvalue weighted by Gasteiger charge is 2.15. The minimum atomic E-state index is -0.284. The summed E-state index contributed by atoms with van der Waals surface area (Å²) in [6, 6.07) is 16.6. The van der Waals surface area contributed by atoms with Crippen molar-refractivity contribution in [2.75, 3.05) is 11.9 Å². The molecule has 5 nitrogen and oxygen atoms in total. The summed E-state index contributed by atoms with van der Waals surface area (Å²) in [4.78, 5) is 17.5. The monoisotopic (exact) mass is 526 g/mol. The van der Waals surface area contributed by atoms with Crippen molar-refractivity contribution in [1.29, 1.82) is 0 Å². The Morgan fingerprint density at radius 2 is 1.97 bits per heavy atom. The standard InChI is InChI=1S/C26H24BrClN2O3/c1-4-15(3)16-7-11-24-22(13-16)30-26(33-24)18-6-9-20(28)21(14-18)29-25(31)17-8-10-23(32-5-2)19(27)12-17/h6-15H,4-5H2,1-3H3,(H,29,31). The van der Waals surface area contributed by atoms with E-state index in [9.17, 15) is 4.79 Å². The molecule has 1 amide bonds. The molecule has 1 unspecified atom stereocenters. The van der Waals surface area contributed by atoms with Gasteiger partial charge in [0.25, 0.3) is 5.91 Å². The predicted molar refractivity (Wildman–Crippen MR) is 136 cm³/mol. The lowest BCUT2D eigenvalue weighted by Crippen LogP contribution is -2.12. The van der Waals surface area contributed by atoms with Crippen molar-refractivity contribution in [2.45, 2.75) is 33.1 Å². The summed E-state index contributed by atoms with van der Waals surface area (Å²) in [5, 5.41) is 3.30. The molecule has 1 aromatic heterocycles. The Morgan fingerprint density at radius 1 is 1.15 bits per heavy atom. The molecule has 0 spiro atoms. The van der Waals surface area contributed by atoms with Gasteiger partial charge in [0.15, 0.2) is 5.58 Å². The summed E-state index contributed by atoms with van der Waals surface area (Å²) in [6.45, 7) is 6.81. The van der Waals surface area contributed by atoms with Gasteiger partial charge in [-0.15, -0.1) is 0 Å². The number of aromatic nitrogens is 1. The first kappa shape index (κ1) is 23.3. The number of amides is 1. The molecule has 3 aromatic carbocycles. The van der Waals surface area contributed by atoms with Gasteiger partial charge in [0.1, 0.15) is 11.3 Å². The van der Waals surface area contributed by atoms with E-state index in [1.54, 1.807) is 30.3 Å². The Morgan fingerprint density at radius 3 is 2.70 bits per heavy atom. The first-order valence-electron chi connectivity index (χ1n) is 10.8. The smallest absolute Gasteiger partial charge is 0.255 e. The van der Waals surface area contributed by atoms with Gasteiger partial charge in [-0.1, -0.05) is 31.5 Å². The van der Waals surface area contributed by atoms with Crippen LogP contribution in [0, 0.1) is 0 Å².